The fourth-order valence-corrected chi connectivity index (χ4v) is 0.733. The minimum absolute atomic E-state index is 1.14. The quantitative estimate of drug-likeness (QED) is 0.379. The Kier molecular flexibility index (Phi) is 0.268. The van der Waals surface area contributed by atoms with Gasteiger partial charge in [0.2, 0.25) is 0 Å². The maximum atomic E-state index is 2.25. The van der Waals surface area contributed by atoms with Gasteiger partial charge in [0.15, 0.2) is 0 Å². The molecular weight excluding hydrogens is 76.1 g/mol. The first-order chi connectivity index (χ1) is 2.97. The largest absolute Gasteiger partial charge is 0.295 e. The van der Waals surface area contributed by atoms with Crippen LogP contribution in [0, 0.1) is 0 Å². The summed E-state index contributed by atoms with van der Waals surface area (Å²) in [5.41, 5.74) is 0. The van der Waals surface area contributed by atoms with Crippen molar-refractivity contribution in [1.82, 2.24) is 10.0 Å². The average molecular weight is 82.1 g/mol. The Bertz CT molecular complexity index is 97.7. The first-order valence-electron chi connectivity index (χ1n) is 2.15. The lowest BCUT2D eigenvalue weighted by molar-refractivity contribution is 0.445. The van der Waals surface area contributed by atoms with E-state index in [9.17, 15) is 0 Å². The van der Waals surface area contributed by atoms with Gasteiger partial charge in [-0.05, 0) is 0 Å². The third-order valence-electron chi connectivity index (χ3n) is 1.18. The number of hydrazine groups is 1. The van der Waals surface area contributed by atoms with E-state index in [2.05, 4.69) is 22.3 Å². The molecule has 2 aliphatic heterocycles. The van der Waals surface area contributed by atoms with Crippen molar-refractivity contribution in [3.05, 3.63) is 12.3 Å². The van der Waals surface area contributed by atoms with Gasteiger partial charge in [0, 0.05) is 12.7 Å². The summed E-state index contributed by atoms with van der Waals surface area (Å²) in [6.07, 6.45) is 4.27. The van der Waals surface area contributed by atoms with E-state index in [0.717, 1.165) is 13.2 Å². The Labute approximate surface area is 36.6 Å². The van der Waals surface area contributed by atoms with Crippen LogP contribution < -0.4 is 0 Å². The lowest BCUT2D eigenvalue weighted by Gasteiger charge is -1.80. The third kappa shape index (κ3) is 0.165. The SMILES string of the molecule is C1=CN2CN2C1. The van der Waals surface area contributed by atoms with Gasteiger partial charge in [-0.1, -0.05) is 6.08 Å². The third-order valence-corrected chi connectivity index (χ3v) is 1.18. The zero-order valence-electron chi connectivity index (χ0n) is 3.46. The van der Waals surface area contributed by atoms with Crippen LogP contribution in [0.2, 0.25) is 0 Å². The molecule has 0 N–H and O–H groups in total. The molecule has 0 aliphatic carbocycles. The van der Waals surface area contributed by atoms with E-state index in [1.807, 2.05) is 0 Å². The highest BCUT2D eigenvalue weighted by Crippen LogP contribution is 2.19. The van der Waals surface area contributed by atoms with Crippen LogP contribution in [-0.2, 0) is 0 Å². The van der Waals surface area contributed by atoms with E-state index in [4.69, 9.17) is 0 Å². The summed E-state index contributed by atoms with van der Waals surface area (Å²) in [6, 6.07) is 0. The molecule has 0 bridgehead atoms. The molecule has 0 aromatic carbocycles. The number of fused-ring (bicyclic) bond motifs is 1. The summed E-state index contributed by atoms with van der Waals surface area (Å²) in [5.74, 6) is 0. The topological polar surface area (TPSA) is 6.02 Å². The summed E-state index contributed by atoms with van der Waals surface area (Å²) in [6.45, 7) is 2.30. The molecule has 2 aliphatic rings. The summed E-state index contributed by atoms with van der Waals surface area (Å²) in [5, 5.41) is 4.43. The number of hydrogen-bond donors (Lipinski definition) is 0. The standard InChI is InChI=1S/C4H6N2/c1-2-5-4-6(5)3-1/h1-2H,3-4H2. The van der Waals surface area contributed by atoms with Crippen molar-refractivity contribution in [1.29, 1.82) is 0 Å². The first kappa shape index (κ1) is 2.64. The monoisotopic (exact) mass is 82.1 g/mol. The van der Waals surface area contributed by atoms with Gasteiger partial charge in [0.1, 0.15) is 6.67 Å². The zero-order valence-corrected chi connectivity index (χ0v) is 3.46. The second kappa shape index (κ2) is 0.611. The molecule has 6 heavy (non-hydrogen) atoms. The molecule has 1 saturated heterocycles. The number of nitrogens with zero attached hydrogens (tertiary/aromatic N) is 2. The van der Waals surface area contributed by atoms with Crippen molar-refractivity contribution >= 4 is 0 Å². The van der Waals surface area contributed by atoms with Gasteiger partial charge in [-0.3, -0.25) is 5.01 Å². The van der Waals surface area contributed by atoms with Crippen molar-refractivity contribution in [3.8, 4) is 0 Å². The molecule has 2 heterocycles. The summed E-state index contributed by atoms with van der Waals surface area (Å²) in [4.78, 5) is 0. The van der Waals surface area contributed by atoms with Crippen LogP contribution in [0.25, 0.3) is 0 Å². The van der Waals surface area contributed by atoms with Crippen molar-refractivity contribution in [2.24, 2.45) is 0 Å². The van der Waals surface area contributed by atoms with Gasteiger partial charge < -0.3 is 0 Å². The smallest absolute Gasteiger partial charge is 0.104 e. The normalized spacial score (nSPS) is 37.3. The second-order valence-corrected chi connectivity index (χ2v) is 1.65. The van der Waals surface area contributed by atoms with Gasteiger partial charge in [-0.25, -0.2) is 0 Å². The molecule has 1 unspecified atom stereocenters. The predicted molar refractivity (Wildman–Crippen MR) is 22.6 cm³/mol. The maximum absolute atomic E-state index is 2.25. The molecular formula is C4H6N2. The van der Waals surface area contributed by atoms with Crippen molar-refractivity contribution in [2.75, 3.05) is 13.2 Å². The van der Waals surface area contributed by atoms with Crippen molar-refractivity contribution < 1.29 is 0 Å². The molecule has 0 aromatic rings. The van der Waals surface area contributed by atoms with Gasteiger partial charge in [-0.15, -0.1) is 0 Å². The Morgan fingerprint density at radius 1 is 1.50 bits per heavy atom. The van der Waals surface area contributed by atoms with E-state index >= 15 is 0 Å². The van der Waals surface area contributed by atoms with E-state index in [1.165, 1.54) is 0 Å². The lowest BCUT2D eigenvalue weighted by atomic mass is 10.6. The summed E-state index contributed by atoms with van der Waals surface area (Å²) in [7, 11) is 0. The highest BCUT2D eigenvalue weighted by molar-refractivity contribution is 4.97. The minimum atomic E-state index is 1.14. The molecule has 0 spiro atoms. The van der Waals surface area contributed by atoms with E-state index in [-0.39, 0.29) is 0 Å². The average Bonchev–Trinajstić information content (AvgIpc) is 2.17. The van der Waals surface area contributed by atoms with Crippen LogP contribution in [-0.4, -0.2) is 23.2 Å². The van der Waals surface area contributed by atoms with Crippen LogP contribution in [0.1, 0.15) is 0 Å². The molecule has 2 heteroatoms. The van der Waals surface area contributed by atoms with Crippen LogP contribution >= 0.6 is 0 Å². The Hall–Kier alpha value is -0.500. The zero-order chi connectivity index (χ0) is 3.98. The van der Waals surface area contributed by atoms with Crippen LogP contribution in [0.4, 0.5) is 0 Å². The van der Waals surface area contributed by atoms with Crippen LogP contribution in [0.3, 0.4) is 0 Å². The van der Waals surface area contributed by atoms with Crippen molar-refractivity contribution in [2.45, 2.75) is 0 Å². The molecule has 2 nitrogen and oxygen atoms in total. The molecule has 0 radical (unpaired) electrons. The second-order valence-electron chi connectivity index (χ2n) is 1.65. The molecule has 1 fully saturated rings. The first-order valence-corrected chi connectivity index (χ1v) is 2.15. The Morgan fingerprint density at radius 2 is 2.50 bits per heavy atom. The molecule has 2 rings (SSSR count). The lowest BCUT2D eigenvalue weighted by Crippen LogP contribution is -1.91. The van der Waals surface area contributed by atoms with Gasteiger partial charge in [0.05, 0.1) is 0 Å². The van der Waals surface area contributed by atoms with Crippen molar-refractivity contribution in [3.63, 3.8) is 0 Å². The van der Waals surface area contributed by atoms with E-state index in [0.29, 0.717) is 0 Å². The Morgan fingerprint density at radius 3 is 2.67 bits per heavy atom. The highest BCUT2D eigenvalue weighted by Gasteiger charge is 2.29. The molecule has 0 amide bonds. The van der Waals surface area contributed by atoms with E-state index < -0.39 is 0 Å². The highest BCUT2D eigenvalue weighted by atomic mass is 15.8. The van der Waals surface area contributed by atoms with Crippen LogP contribution in [0.5, 0.6) is 0 Å². The fraction of sp³-hybridized carbons (Fsp3) is 0.500. The minimum Gasteiger partial charge on any atom is -0.295 e. The van der Waals surface area contributed by atoms with Gasteiger partial charge >= 0.3 is 0 Å². The van der Waals surface area contributed by atoms with Gasteiger partial charge in [-0.2, -0.15) is 5.01 Å². The Balaban J connectivity index is 2.26. The number of rotatable bonds is 0. The molecule has 0 aromatic heterocycles. The summed E-state index contributed by atoms with van der Waals surface area (Å²) < 4.78 is 0. The van der Waals surface area contributed by atoms with E-state index in [1.54, 1.807) is 0 Å². The maximum Gasteiger partial charge on any atom is 0.104 e. The number of hydrogen-bond acceptors (Lipinski definition) is 2. The summed E-state index contributed by atoms with van der Waals surface area (Å²) >= 11 is 0. The molecule has 32 valence electrons. The van der Waals surface area contributed by atoms with Crippen LogP contribution in [0.15, 0.2) is 12.3 Å². The fourth-order valence-electron chi connectivity index (χ4n) is 0.733. The predicted octanol–water partition coefficient (Wildman–Crippen LogP) is 0.00380. The molecule has 1 atom stereocenters. The van der Waals surface area contributed by atoms with Gasteiger partial charge in [0.25, 0.3) is 0 Å². The molecule has 0 saturated carbocycles.